The minimum absolute atomic E-state index is 0.0132. The van der Waals surface area contributed by atoms with Crippen LogP contribution in [0.3, 0.4) is 0 Å². The molecule has 3 aromatic carbocycles. The van der Waals surface area contributed by atoms with Crippen molar-refractivity contribution in [3.8, 4) is 23.1 Å². The maximum Gasteiger partial charge on any atom is 0.297 e. The van der Waals surface area contributed by atoms with E-state index in [1.165, 1.54) is 20.5 Å². The lowest BCUT2D eigenvalue weighted by molar-refractivity contribution is -0.112. The molecule has 0 aliphatic carbocycles. The summed E-state index contributed by atoms with van der Waals surface area (Å²) < 4.78 is 46.3. The van der Waals surface area contributed by atoms with E-state index in [4.69, 9.17) is 14.2 Å². The number of nitrogens with zero attached hydrogens (tertiary/aromatic N) is 2. The maximum atomic E-state index is 14.8. The standard InChI is InChI=1S/C25H18BrF2N3O5/c1-12-4-5-18(15(26)6-12)31-24(33)23(32)22-16(27)7-13(8-17(22)28)36-25-14-9-20(34-2)21(35-3)10-19(14)29-11-30-25/h4-11H,1-3H3,(H,31,33). The monoisotopic (exact) mass is 557 g/mol. The fraction of sp³-hybridized carbons (Fsp3) is 0.120. The number of Topliss-reactive ketones (excluding diaryl/α,β-unsaturated/α-hetero) is 1. The third-order valence-corrected chi connectivity index (χ3v) is 5.80. The zero-order valence-electron chi connectivity index (χ0n) is 19.2. The van der Waals surface area contributed by atoms with Gasteiger partial charge in [-0.3, -0.25) is 9.59 Å². The molecule has 1 aromatic heterocycles. The summed E-state index contributed by atoms with van der Waals surface area (Å²) in [5.74, 6) is -4.63. The number of nitrogens with one attached hydrogen (secondary N) is 1. The molecular formula is C25H18BrF2N3O5. The Balaban J connectivity index is 1.62. The van der Waals surface area contributed by atoms with E-state index in [-0.39, 0.29) is 17.3 Å². The van der Waals surface area contributed by atoms with Gasteiger partial charge in [0.1, 0.15) is 23.7 Å². The number of methoxy groups -OCH3 is 2. The molecule has 8 nitrogen and oxygen atoms in total. The van der Waals surface area contributed by atoms with Gasteiger partial charge < -0.3 is 19.5 Å². The van der Waals surface area contributed by atoms with Gasteiger partial charge in [-0.05, 0) is 46.6 Å². The second-order valence-corrected chi connectivity index (χ2v) is 8.39. The number of hydrogen-bond acceptors (Lipinski definition) is 7. The van der Waals surface area contributed by atoms with Crippen LogP contribution < -0.4 is 19.5 Å². The Labute approximate surface area is 212 Å². The molecule has 36 heavy (non-hydrogen) atoms. The molecule has 4 aromatic rings. The lowest BCUT2D eigenvalue weighted by atomic mass is 10.1. The molecule has 0 atom stereocenters. The third-order valence-electron chi connectivity index (χ3n) is 5.14. The molecule has 0 aliphatic rings. The minimum Gasteiger partial charge on any atom is -0.493 e. The van der Waals surface area contributed by atoms with Crippen molar-refractivity contribution >= 4 is 44.2 Å². The highest BCUT2D eigenvalue weighted by molar-refractivity contribution is 9.10. The lowest BCUT2D eigenvalue weighted by Crippen LogP contribution is -2.25. The highest BCUT2D eigenvalue weighted by atomic mass is 79.9. The molecular weight excluding hydrogens is 540 g/mol. The number of aryl methyl sites for hydroxylation is 1. The highest BCUT2D eigenvalue weighted by Gasteiger charge is 2.26. The van der Waals surface area contributed by atoms with E-state index in [9.17, 15) is 18.4 Å². The van der Waals surface area contributed by atoms with E-state index in [0.717, 1.165) is 17.7 Å². The lowest BCUT2D eigenvalue weighted by Gasteiger charge is -2.12. The zero-order chi connectivity index (χ0) is 26.0. The van der Waals surface area contributed by atoms with E-state index < -0.39 is 28.9 Å². The SMILES string of the molecule is COc1cc2ncnc(Oc3cc(F)c(C(=O)C(=O)Nc4ccc(C)cc4Br)c(F)c3)c2cc1OC. The number of ether oxygens (including phenoxy) is 3. The first-order valence-electron chi connectivity index (χ1n) is 10.4. The van der Waals surface area contributed by atoms with Crippen LogP contribution in [0.4, 0.5) is 14.5 Å². The van der Waals surface area contributed by atoms with Crippen molar-refractivity contribution in [1.82, 2.24) is 9.97 Å². The second kappa shape index (κ2) is 10.2. The number of carbonyl (C=O) groups excluding carboxylic acids is 2. The molecule has 11 heteroatoms. The van der Waals surface area contributed by atoms with Crippen molar-refractivity contribution < 1.29 is 32.6 Å². The predicted molar refractivity (Wildman–Crippen MR) is 131 cm³/mol. The zero-order valence-corrected chi connectivity index (χ0v) is 20.8. The second-order valence-electron chi connectivity index (χ2n) is 7.53. The summed E-state index contributed by atoms with van der Waals surface area (Å²) >= 11 is 3.27. The van der Waals surface area contributed by atoms with Crippen LogP contribution in [0.1, 0.15) is 15.9 Å². The fourth-order valence-corrected chi connectivity index (χ4v) is 3.98. The van der Waals surface area contributed by atoms with Crippen molar-refractivity contribution in [2.75, 3.05) is 19.5 Å². The Kier molecular flexibility index (Phi) is 7.11. The van der Waals surface area contributed by atoms with Crippen LogP contribution in [0.5, 0.6) is 23.1 Å². The van der Waals surface area contributed by atoms with Crippen LogP contribution in [0, 0.1) is 18.6 Å². The Hall–Kier alpha value is -4.12. The summed E-state index contributed by atoms with van der Waals surface area (Å²) in [6, 6.07) is 9.72. The molecule has 1 amide bonds. The van der Waals surface area contributed by atoms with E-state index in [2.05, 4.69) is 31.2 Å². The molecule has 0 aliphatic heterocycles. The van der Waals surface area contributed by atoms with Gasteiger partial charge in [-0.25, -0.2) is 18.7 Å². The van der Waals surface area contributed by atoms with E-state index in [1.54, 1.807) is 30.3 Å². The van der Waals surface area contributed by atoms with Crippen molar-refractivity contribution in [2.45, 2.75) is 6.92 Å². The largest absolute Gasteiger partial charge is 0.493 e. The molecule has 4 rings (SSSR count). The van der Waals surface area contributed by atoms with Crippen LogP contribution in [0.15, 0.2) is 53.3 Å². The van der Waals surface area contributed by atoms with Gasteiger partial charge in [0.15, 0.2) is 11.5 Å². The van der Waals surface area contributed by atoms with Crippen molar-refractivity contribution in [3.05, 3.63) is 76.0 Å². The van der Waals surface area contributed by atoms with Gasteiger partial charge in [-0.15, -0.1) is 0 Å². The van der Waals surface area contributed by atoms with Gasteiger partial charge in [-0.2, -0.15) is 0 Å². The molecule has 184 valence electrons. The molecule has 0 fully saturated rings. The first-order chi connectivity index (χ1) is 17.2. The van der Waals surface area contributed by atoms with Gasteiger partial charge in [0.2, 0.25) is 5.88 Å². The van der Waals surface area contributed by atoms with E-state index in [1.807, 2.05) is 6.92 Å². The maximum absolute atomic E-state index is 14.8. The Morgan fingerprint density at radius 2 is 1.61 bits per heavy atom. The summed E-state index contributed by atoms with van der Waals surface area (Å²) in [5.41, 5.74) is 0.613. The normalized spacial score (nSPS) is 10.7. The number of ketones is 1. The third kappa shape index (κ3) is 4.96. The van der Waals surface area contributed by atoms with Gasteiger partial charge in [0.05, 0.1) is 36.4 Å². The molecule has 0 unspecified atom stereocenters. The summed E-state index contributed by atoms with van der Waals surface area (Å²) in [6.45, 7) is 1.84. The van der Waals surface area contributed by atoms with Crippen LogP contribution in [-0.2, 0) is 4.79 Å². The fourth-order valence-electron chi connectivity index (χ4n) is 3.39. The Morgan fingerprint density at radius 1 is 0.944 bits per heavy atom. The number of halogens is 3. The number of carbonyl (C=O) groups is 2. The number of amides is 1. The van der Waals surface area contributed by atoms with Crippen LogP contribution in [0.2, 0.25) is 0 Å². The quantitative estimate of drug-likeness (QED) is 0.233. The summed E-state index contributed by atoms with van der Waals surface area (Å²) in [4.78, 5) is 33.1. The summed E-state index contributed by atoms with van der Waals surface area (Å²) in [7, 11) is 2.92. The van der Waals surface area contributed by atoms with Crippen LogP contribution >= 0.6 is 15.9 Å². The average molecular weight is 558 g/mol. The average Bonchev–Trinajstić information content (AvgIpc) is 2.84. The molecule has 1 heterocycles. The molecule has 0 saturated heterocycles. The minimum atomic E-state index is -1.38. The van der Waals surface area contributed by atoms with E-state index in [0.29, 0.717) is 26.9 Å². The van der Waals surface area contributed by atoms with Gasteiger partial charge in [0.25, 0.3) is 11.7 Å². The number of hydrogen-bond donors (Lipinski definition) is 1. The van der Waals surface area contributed by atoms with Gasteiger partial charge in [0, 0.05) is 22.7 Å². The Bertz CT molecular complexity index is 1490. The molecule has 1 N–H and O–H groups in total. The molecule has 0 spiro atoms. The smallest absolute Gasteiger partial charge is 0.297 e. The predicted octanol–water partition coefficient (Wildman–Crippen LogP) is 5.61. The van der Waals surface area contributed by atoms with Crippen molar-refractivity contribution in [1.29, 1.82) is 0 Å². The summed E-state index contributed by atoms with van der Waals surface area (Å²) in [5, 5.41) is 2.73. The molecule has 0 saturated carbocycles. The molecule has 0 bridgehead atoms. The van der Waals surface area contributed by atoms with Crippen molar-refractivity contribution in [3.63, 3.8) is 0 Å². The number of rotatable bonds is 7. The van der Waals surface area contributed by atoms with Crippen molar-refractivity contribution in [2.24, 2.45) is 0 Å². The van der Waals surface area contributed by atoms with Gasteiger partial charge >= 0.3 is 0 Å². The number of fused-ring (bicyclic) bond motifs is 1. The topological polar surface area (TPSA) is 99.6 Å². The first-order valence-corrected chi connectivity index (χ1v) is 11.2. The number of benzene rings is 3. The van der Waals surface area contributed by atoms with Crippen LogP contribution in [-0.4, -0.2) is 35.9 Å². The van der Waals surface area contributed by atoms with E-state index >= 15 is 0 Å². The summed E-state index contributed by atoms with van der Waals surface area (Å²) in [6.07, 6.45) is 1.21. The van der Waals surface area contributed by atoms with Gasteiger partial charge in [-0.1, -0.05) is 6.07 Å². The number of aromatic nitrogens is 2. The number of anilines is 1. The van der Waals surface area contributed by atoms with Crippen LogP contribution in [0.25, 0.3) is 10.9 Å². The Morgan fingerprint density at radius 3 is 2.25 bits per heavy atom. The highest BCUT2D eigenvalue weighted by Crippen LogP contribution is 2.36. The molecule has 0 radical (unpaired) electrons. The first kappa shape index (κ1) is 25.0.